The number of benzene rings is 1. The highest BCUT2D eigenvalue weighted by molar-refractivity contribution is 5.30. The van der Waals surface area contributed by atoms with E-state index < -0.39 is 5.60 Å². The van der Waals surface area contributed by atoms with Gasteiger partial charge in [-0.25, -0.2) is 0 Å². The number of allylic oxidation sites excluding steroid dienone is 2. The normalized spacial score (nSPS) is 28.6. The Morgan fingerprint density at radius 2 is 1.85 bits per heavy atom. The van der Waals surface area contributed by atoms with Gasteiger partial charge in [0.15, 0.2) is 0 Å². The summed E-state index contributed by atoms with van der Waals surface area (Å²) >= 11 is 0. The summed E-state index contributed by atoms with van der Waals surface area (Å²) < 4.78 is 12.5. The molecule has 2 atom stereocenters. The van der Waals surface area contributed by atoms with Crippen LogP contribution in [-0.2, 0) is 4.74 Å². The second-order valence-electron chi connectivity index (χ2n) is 7.92. The Morgan fingerprint density at radius 1 is 1.15 bits per heavy atom. The minimum absolute atomic E-state index is 0.0828. The van der Waals surface area contributed by atoms with Crippen LogP contribution in [-0.4, -0.2) is 48.4 Å². The fourth-order valence-electron chi connectivity index (χ4n) is 3.65. The molecule has 2 unspecified atom stereocenters. The number of hydrogen-bond donors (Lipinski definition) is 1. The molecule has 1 aliphatic heterocycles. The number of nitrogens with two attached hydrogens (primary N) is 1. The van der Waals surface area contributed by atoms with E-state index in [1.807, 2.05) is 42.5 Å². The van der Waals surface area contributed by atoms with E-state index in [9.17, 15) is 0 Å². The highest BCUT2D eigenvalue weighted by atomic mass is 16.5. The van der Waals surface area contributed by atoms with Gasteiger partial charge in [-0.3, -0.25) is 0 Å². The van der Waals surface area contributed by atoms with Crippen LogP contribution >= 0.6 is 0 Å². The van der Waals surface area contributed by atoms with Gasteiger partial charge < -0.3 is 20.1 Å². The Kier molecular flexibility index (Phi) is 5.86. The summed E-state index contributed by atoms with van der Waals surface area (Å²) in [6.45, 7) is 10.1. The molecule has 1 aromatic rings. The minimum atomic E-state index is -0.393. The van der Waals surface area contributed by atoms with Gasteiger partial charge in [0.1, 0.15) is 17.0 Å². The summed E-state index contributed by atoms with van der Waals surface area (Å²) in [5.74, 6) is 0.960. The van der Waals surface area contributed by atoms with E-state index in [1.165, 1.54) is 5.57 Å². The van der Waals surface area contributed by atoms with Crippen LogP contribution in [0.25, 0.3) is 0 Å². The van der Waals surface area contributed by atoms with Crippen molar-refractivity contribution in [3.05, 3.63) is 54.1 Å². The van der Waals surface area contributed by atoms with Crippen LogP contribution in [0.5, 0.6) is 5.75 Å². The number of nitrogens with zero attached hydrogens (tertiary/aromatic N) is 1. The molecule has 0 bridgehead atoms. The monoisotopic (exact) mass is 356 g/mol. The molecule has 0 aromatic heterocycles. The third-order valence-electron chi connectivity index (χ3n) is 5.91. The van der Waals surface area contributed by atoms with E-state index in [2.05, 4.69) is 31.7 Å². The van der Waals surface area contributed by atoms with Crippen molar-refractivity contribution in [1.29, 1.82) is 0 Å². The molecule has 1 saturated heterocycles. The van der Waals surface area contributed by atoms with Crippen LogP contribution < -0.4 is 10.5 Å². The molecule has 0 amide bonds. The molecule has 0 saturated carbocycles. The fraction of sp³-hybridized carbons (Fsp3) is 0.545. The molecule has 1 heterocycles. The number of para-hydroxylation sites is 1. The third-order valence-corrected chi connectivity index (χ3v) is 5.91. The van der Waals surface area contributed by atoms with Crippen molar-refractivity contribution < 1.29 is 9.47 Å². The first-order chi connectivity index (χ1) is 12.4. The molecule has 26 heavy (non-hydrogen) atoms. The molecule has 1 fully saturated rings. The quantitative estimate of drug-likeness (QED) is 0.847. The summed E-state index contributed by atoms with van der Waals surface area (Å²) in [6.07, 6.45) is 8.18. The molecule has 1 aliphatic carbocycles. The molecule has 4 nitrogen and oxygen atoms in total. The maximum Gasteiger partial charge on any atom is 0.120 e. The van der Waals surface area contributed by atoms with Gasteiger partial charge in [0.05, 0.1) is 12.6 Å². The van der Waals surface area contributed by atoms with E-state index in [1.54, 1.807) is 0 Å². The minimum Gasteiger partial charge on any atom is -0.487 e. The molecule has 0 spiro atoms. The summed E-state index contributed by atoms with van der Waals surface area (Å²) in [5, 5.41) is 0. The van der Waals surface area contributed by atoms with Crippen molar-refractivity contribution in [2.45, 2.75) is 50.9 Å². The predicted octanol–water partition coefficient (Wildman–Crippen LogP) is 3.54. The van der Waals surface area contributed by atoms with Crippen LogP contribution in [0.2, 0.25) is 0 Å². The number of likely N-dealkylation sites (tertiary alicyclic amines) is 1. The van der Waals surface area contributed by atoms with Gasteiger partial charge in [-0.15, -0.1) is 0 Å². The van der Waals surface area contributed by atoms with Gasteiger partial charge in [-0.05, 0) is 51.3 Å². The Balaban J connectivity index is 1.44. The number of hydrogen-bond acceptors (Lipinski definition) is 4. The summed E-state index contributed by atoms with van der Waals surface area (Å²) in [5.41, 5.74) is 6.96. The zero-order valence-corrected chi connectivity index (χ0v) is 16.3. The molecule has 4 heteroatoms. The van der Waals surface area contributed by atoms with Crippen LogP contribution in [0.4, 0.5) is 0 Å². The standard InChI is InChI=1S/C22H32N2O2/c1-18-8-7-11-20(23)22(18,3)25-17-16-24-14-12-21(2,13-15-24)26-19-9-5-4-6-10-19/h4-11,20H,12-17,23H2,1-3H3. The molecule has 2 aliphatic rings. The molecule has 3 rings (SSSR count). The van der Waals surface area contributed by atoms with Crippen LogP contribution in [0.3, 0.4) is 0 Å². The van der Waals surface area contributed by atoms with Gasteiger partial charge >= 0.3 is 0 Å². The largest absolute Gasteiger partial charge is 0.487 e. The molecule has 142 valence electrons. The molecular formula is C22H32N2O2. The van der Waals surface area contributed by atoms with Gasteiger partial charge in [0, 0.05) is 19.6 Å². The second kappa shape index (κ2) is 7.95. The van der Waals surface area contributed by atoms with Crippen LogP contribution in [0.15, 0.2) is 54.1 Å². The highest BCUT2D eigenvalue weighted by Gasteiger charge is 2.35. The van der Waals surface area contributed by atoms with Crippen molar-refractivity contribution in [2.24, 2.45) is 5.73 Å². The average molecular weight is 357 g/mol. The van der Waals surface area contributed by atoms with Gasteiger partial charge in [-0.2, -0.15) is 0 Å². The summed E-state index contributed by atoms with van der Waals surface area (Å²) in [7, 11) is 0. The summed E-state index contributed by atoms with van der Waals surface area (Å²) in [6, 6.07) is 10.0. The Labute approximate surface area is 157 Å². The maximum absolute atomic E-state index is 6.25. The van der Waals surface area contributed by atoms with Crippen molar-refractivity contribution in [2.75, 3.05) is 26.2 Å². The van der Waals surface area contributed by atoms with Gasteiger partial charge in [0.2, 0.25) is 0 Å². The first-order valence-corrected chi connectivity index (χ1v) is 9.63. The molecule has 2 N–H and O–H groups in total. The third kappa shape index (κ3) is 4.37. The SMILES string of the molecule is CC1=CC=CC(N)C1(C)OCCN1CCC(C)(Oc2ccccc2)CC1. The number of piperidine rings is 1. The van der Waals surface area contributed by atoms with Crippen LogP contribution in [0, 0.1) is 0 Å². The zero-order valence-electron chi connectivity index (χ0n) is 16.3. The lowest BCUT2D eigenvalue weighted by atomic mass is 9.85. The first-order valence-electron chi connectivity index (χ1n) is 9.63. The highest BCUT2D eigenvalue weighted by Crippen LogP contribution is 2.30. The van der Waals surface area contributed by atoms with Crippen molar-refractivity contribution in [1.82, 2.24) is 4.90 Å². The average Bonchev–Trinajstić information content (AvgIpc) is 2.62. The smallest absolute Gasteiger partial charge is 0.120 e. The van der Waals surface area contributed by atoms with E-state index in [0.717, 1.165) is 38.2 Å². The van der Waals surface area contributed by atoms with Crippen molar-refractivity contribution >= 4 is 0 Å². The molecular weight excluding hydrogens is 324 g/mol. The predicted molar refractivity (Wildman–Crippen MR) is 106 cm³/mol. The lowest BCUT2D eigenvalue weighted by Crippen LogP contribution is -2.50. The van der Waals surface area contributed by atoms with E-state index >= 15 is 0 Å². The van der Waals surface area contributed by atoms with Gasteiger partial charge in [0.25, 0.3) is 0 Å². The zero-order chi connectivity index (χ0) is 18.6. The topological polar surface area (TPSA) is 47.7 Å². The lowest BCUT2D eigenvalue weighted by Gasteiger charge is -2.41. The molecule has 0 radical (unpaired) electrons. The second-order valence-corrected chi connectivity index (χ2v) is 7.92. The lowest BCUT2D eigenvalue weighted by molar-refractivity contribution is -0.0353. The van der Waals surface area contributed by atoms with Crippen LogP contribution in [0.1, 0.15) is 33.6 Å². The van der Waals surface area contributed by atoms with Gasteiger partial charge in [-0.1, -0.05) is 36.4 Å². The van der Waals surface area contributed by atoms with Crippen molar-refractivity contribution in [3.63, 3.8) is 0 Å². The summed E-state index contributed by atoms with van der Waals surface area (Å²) in [4.78, 5) is 2.46. The fourth-order valence-corrected chi connectivity index (χ4v) is 3.65. The number of ether oxygens (including phenoxy) is 2. The van der Waals surface area contributed by atoms with E-state index in [4.69, 9.17) is 15.2 Å². The Morgan fingerprint density at radius 3 is 2.50 bits per heavy atom. The Bertz CT molecular complexity index is 647. The maximum atomic E-state index is 6.25. The van der Waals surface area contributed by atoms with E-state index in [0.29, 0.717) is 6.61 Å². The first kappa shape index (κ1) is 19.2. The number of rotatable bonds is 6. The Hall–Kier alpha value is -1.62. The molecule has 1 aromatic carbocycles. The van der Waals surface area contributed by atoms with E-state index in [-0.39, 0.29) is 11.6 Å². The van der Waals surface area contributed by atoms with Crippen molar-refractivity contribution in [3.8, 4) is 5.75 Å².